The summed E-state index contributed by atoms with van der Waals surface area (Å²) in [7, 11) is 0. The van der Waals surface area contributed by atoms with E-state index in [0.29, 0.717) is 13.1 Å². The van der Waals surface area contributed by atoms with Crippen LogP contribution in [0.15, 0.2) is 48.8 Å². The molecule has 0 saturated heterocycles. The summed E-state index contributed by atoms with van der Waals surface area (Å²) in [6.07, 6.45) is 3.35. The fourth-order valence-electron chi connectivity index (χ4n) is 2.30. The molecule has 0 aliphatic rings. The number of aromatic nitrogens is 1. The zero-order valence-electron chi connectivity index (χ0n) is 12.8. The van der Waals surface area contributed by atoms with Crippen molar-refractivity contribution in [1.29, 1.82) is 0 Å². The zero-order valence-corrected chi connectivity index (χ0v) is 12.8. The first kappa shape index (κ1) is 15.9. The van der Waals surface area contributed by atoms with Gasteiger partial charge in [-0.05, 0) is 49.2 Å². The summed E-state index contributed by atoms with van der Waals surface area (Å²) < 4.78 is 13.1. The molecule has 1 heterocycles. The first-order valence-electron chi connectivity index (χ1n) is 7.36. The fourth-order valence-corrected chi connectivity index (χ4v) is 2.30. The van der Waals surface area contributed by atoms with Crippen molar-refractivity contribution < 1.29 is 9.18 Å². The maximum absolute atomic E-state index is 13.1. The van der Waals surface area contributed by atoms with Crippen molar-refractivity contribution in [2.45, 2.75) is 19.9 Å². The van der Waals surface area contributed by atoms with Gasteiger partial charge < -0.3 is 10.2 Å². The summed E-state index contributed by atoms with van der Waals surface area (Å²) in [6.45, 7) is 5.13. The van der Waals surface area contributed by atoms with Crippen molar-refractivity contribution in [2.75, 3.05) is 13.1 Å². The van der Waals surface area contributed by atoms with Crippen LogP contribution in [0.4, 0.5) is 9.18 Å². The predicted molar refractivity (Wildman–Crippen MR) is 83.9 cm³/mol. The van der Waals surface area contributed by atoms with Gasteiger partial charge in [-0.25, -0.2) is 9.18 Å². The highest BCUT2D eigenvalue weighted by Crippen LogP contribution is 2.22. The molecule has 0 fully saturated rings. The number of hydrogen-bond donors (Lipinski definition) is 1. The number of urea groups is 1. The van der Waals surface area contributed by atoms with E-state index >= 15 is 0 Å². The number of benzene rings is 1. The van der Waals surface area contributed by atoms with Gasteiger partial charge in [0, 0.05) is 25.5 Å². The van der Waals surface area contributed by atoms with E-state index in [1.54, 1.807) is 29.4 Å². The van der Waals surface area contributed by atoms with Crippen LogP contribution < -0.4 is 5.32 Å². The second-order valence-electron chi connectivity index (χ2n) is 4.89. The van der Waals surface area contributed by atoms with Gasteiger partial charge in [0.2, 0.25) is 0 Å². The van der Waals surface area contributed by atoms with Gasteiger partial charge in [0.1, 0.15) is 5.82 Å². The number of nitrogens with one attached hydrogen (secondary N) is 1. The molecule has 2 aromatic rings. The first-order chi connectivity index (χ1) is 10.7. The average Bonchev–Trinajstić information content (AvgIpc) is 2.55. The molecular formula is C17H20FN3O. The molecule has 0 aliphatic carbocycles. The van der Waals surface area contributed by atoms with Gasteiger partial charge in [0.15, 0.2) is 0 Å². The lowest BCUT2D eigenvalue weighted by molar-refractivity contribution is 0.201. The lowest BCUT2D eigenvalue weighted by atomic mass is 10.00. The lowest BCUT2D eigenvalue weighted by Gasteiger charge is -2.25. The van der Waals surface area contributed by atoms with E-state index in [9.17, 15) is 9.18 Å². The Balaban J connectivity index is 2.30. The molecule has 4 nitrogen and oxygen atoms in total. The van der Waals surface area contributed by atoms with Gasteiger partial charge in [-0.2, -0.15) is 0 Å². The normalized spacial score (nSPS) is 11.8. The van der Waals surface area contributed by atoms with Crippen molar-refractivity contribution in [3.8, 4) is 0 Å². The fraction of sp³-hybridized carbons (Fsp3) is 0.294. The molecule has 1 aromatic carbocycles. The van der Waals surface area contributed by atoms with Gasteiger partial charge >= 0.3 is 6.03 Å². The highest BCUT2D eigenvalue weighted by atomic mass is 19.1. The van der Waals surface area contributed by atoms with Crippen LogP contribution in [-0.4, -0.2) is 29.0 Å². The van der Waals surface area contributed by atoms with Crippen LogP contribution in [0.25, 0.3) is 0 Å². The molecule has 0 radical (unpaired) electrons. The molecule has 22 heavy (non-hydrogen) atoms. The van der Waals surface area contributed by atoms with E-state index in [4.69, 9.17) is 0 Å². The van der Waals surface area contributed by atoms with E-state index in [0.717, 1.165) is 11.1 Å². The minimum atomic E-state index is -0.336. The second-order valence-corrected chi connectivity index (χ2v) is 4.89. The summed E-state index contributed by atoms with van der Waals surface area (Å²) >= 11 is 0. The number of carbonyl (C=O) groups excluding carboxylic acids is 1. The smallest absolute Gasteiger partial charge is 0.318 e. The third-order valence-electron chi connectivity index (χ3n) is 3.56. The summed E-state index contributed by atoms with van der Waals surface area (Å²) in [5.41, 5.74) is 1.73. The topological polar surface area (TPSA) is 45.2 Å². The van der Waals surface area contributed by atoms with Crippen LogP contribution in [0.1, 0.15) is 31.0 Å². The Bertz CT molecular complexity index is 597. The molecule has 1 atom stereocenters. The third-order valence-corrected chi connectivity index (χ3v) is 3.56. The van der Waals surface area contributed by atoms with E-state index in [2.05, 4.69) is 10.3 Å². The average molecular weight is 301 g/mol. The minimum Gasteiger partial charge on any atom is -0.327 e. The van der Waals surface area contributed by atoms with Crippen molar-refractivity contribution in [2.24, 2.45) is 0 Å². The third kappa shape index (κ3) is 3.81. The van der Waals surface area contributed by atoms with Gasteiger partial charge in [-0.1, -0.05) is 12.1 Å². The first-order valence-corrected chi connectivity index (χ1v) is 7.36. The van der Waals surface area contributed by atoms with Crippen LogP contribution in [0, 0.1) is 5.82 Å². The lowest BCUT2D eigenvalue weighted by Crippen LogP contribution is -2.41. The number of pyridine rings is 1. The molecule has 1 N–H and O–H groups in total. The second kappa shape index (κ2) is 7.54. The SMILES string of the molecule is CCN(CC)C(=O)NC(c1ccncc1)c1ccc(F)cc1. The van der Waals surface area contributed by atoms with Crippen LogP contribution in [-0.2, 0) is 0 Å². The van der Waals surface area contributed by atoms with Crippen molar-refractivity contribution >= 4 is 6.03 Å². The van der Waals surface area contributed by atoms with Crippen molar-refractivity contribution in [3.05, 3.63) is 65.7 Å². The number of carbonyl (C=O) groups is 1. The maximum atomic E-state index is 13.1. The van der Waals surface area contributed by atoms with Crippen LogP contribution in [0.3, 0.4) is 0 Å². The largest absolute Gasteiger partial charge is 0.327 e. The van der Waals surface area contributed by atoms with Gasteiger partial charge in [-0.3, -0.25) is 4.98 Å². The van der Waals surface area contributed by atoms with Crippen LogP contribution in [0.2, 0.25) is 0 Å². The van der Waals surface area contributed by atoms with Crippen molar-refractivity contribution in [3.63, 3.8) is 0 Å². The Labute approximate surface area is 130 Å². The summed E-state index contributed by atoms with van der Waals surface area (Å²) in [5, 5.41) is 3.01. The Hall–Kier alpha value is -2.43. The Morgan fingerprint density at radius 1 is 1.09 bits per heavy atom. The molecule has 0 bridgehead atoms. The summed E-state index contributed by atoms with van der Waals surface area (Å²) in [4.78, 5) is 18.1. The van der Waals surface area contributed by atoms with Crippen LogP contribution in [0.5, 0.6) is 0 Å². The van der Waals surface area contributed by atoms with E-state index < -0.39 is 0 Å². The zero-order chi connectivity index (χ0) is 15.9. The molecular weight excluding hydrogens is 281 g/mol. The Morgan fingerprint density at radius 2 is 1.64 bits per heavy atom. The number of nitrogens with zero attached hydrogens (tertiary/aromatic N) is 2. The molecule has 1 aromatic heterocycles. The van der Waals surface area contributed by atoms with Crippen molar-refractivity contribution in [1.82, 2.24) is 15.2 Å². The van der Waals surface area contributed by atoms with E-state index in [1.807, 2.05) is 26.0 Å². The van der Waals surface area contributed by atoms with Crippen LogP contribution >= 0.6 is 0 Å². The Morgan fingerprint density at radius 3 is 2.18 bits per heavy atom. The van der Waals surface area contributed by atoms with Gasteiger partial charge in [0.05, 0.1) is 6.04 Å². The molecule has 0 spiro atoms. The standard InChI is InChI=1S/C17H20FN3O/c1-3-21(4-2)17(22)20-16(14-9-11-19-12-10-14)13-5-7-15(18)8-6-13/h5-12,16H,3-4H2,1-2H3,(H,20,22). The molecule has 5 heteroatoms. The van der Waals surface area contributed by atoms with E-state index in [-0.39, 0.29) is 17.9 Å². The number of halogens is 1. The molecule has 0 aliphatic heterocycles. The summed E-state index contributed by atoms with van der Waals surface area (Å²) in [5.74, 6) is -0.299. The predicted octanol–water partition coefficient (Wildman–Crippen LogP) is 3.36. The summed E-state index contributed by atoms with van der Waals surface area (Å²) in [6, 6.07) is 9.37. The highest BCUT2D eigenvalue weighted by molar-refractivity contribution is 5.75. The monoisotopic (exact) mass is 301 g/mol. The quantitative estimate of drug-likeness (QED) is 0.920. The molecule has 0 saturated carbocycles. The van der Waals surface area contributed by atoms with Gasteiger partial charge in [0.25, 0.3) is 0 Å². The van der Waals surface area contributed by atoms with Gasteiger partial charge in [-0.15, -0.1) is 0 Å². The minimum absolute atomic E-state index is 0.142. The van der Waals surface area contributed by atoms with E-state index in [1.165, 1.54) is 12.1 Å². The highest BCUT2D eigenvalue weighted by Gasteiger charge is 2.19. The molecule has 2 amide bonds. The molecule has 1 unspecified atom stereocenters. The molecule has 116 valence electrons. The number of rotatable bonds is 5. The maximum Gasteiger partial charge on any atom is 0.318 e. The number of hydrogen-bond acceptors (Lipinski definition) is 2. The molecule has 2 rings (SSSR count). The Kier molecular flexibility index (Phi) is 5.47. The number of amides is 2.